The van der Waals surface area contributed by atoms with Gasteiger partial charge in [0.05, 0.1) is 17.9 Å². The van der Waals surface area contributed by atoms with Crippen molar-refractivity contribution in [2.45, 2.75) is 46.6 Å². The molecule has 0 unspecified atom stereocenters. The summed E-state index contributed by atoms with van der Waals surface area (Å²) in [6, 6.07) is 0. The molecule has 0 atom stereocenters. The van der Waals surface area contributed by atoms with Gasteiger partial charge in [-0.2, -0.15) is 8.75 Å². The second-order valence-corrected chi connectivity index (χ2v) is 6.42. The molecule has 0 aliphatic heterocycles. The first-order chi connectivity index (χ1) is 7.20. The Kier molecular flexibility index (Phi) is 3.68. The molecule has 0 spiro atoms. The molecular weight excluding hydrogens is 222 g/mol. The second kappa shape index (κ2) is 4.49. The zero-order valence-electron chi connectivity index (χ0n) is 10.5. The van der Waals surface area contributed by atoms with E-state index in [1.165, 1.54) is 6.20 Å². The van der Waals surface area contributed by atoms with Gasteiger partial charge in [-0.15, -0.1) is 0 Å². The van der Waals surface area contributed by atoms with Crippen molar-refractivity contribution >= 4 is 17.6 Å². The maximum absolute atomic E-state index is 11.8. The van der Waals surface area contributed by atoms with E-state index in [0.29, 0.717) is 5.69 Å². The summed E-state index contributed by atoms with van der Waals surface area (Å²) >= 11 is 1.05. The van der Waals surface area contributed by atoms with Crippen LogP contribution >= 0.6 is 11.7 Å². The zero-order valence-corrected chi connectivity index (χ0v) is 11.3. The van der Waals surface area contributed by atoms with Crippen molar-refractivity contribution in [1.29, 1.82) is 0 Å². The van der Waals surface area contributed by atoms with Gasteiger partial charge in [0.15, 0.2) is 5.69 Å². The molecule has 1 N–H and O–H groups in total. The fraction of sp³-hybridized carbons (Fsp3) is 0.727. The highest BCUT2D eigenvalue weighted by atomic mass is 32.1. The van der Waals surface area contributed by atoms with Crippen molar-refractivity contribution in [3.05, 3.63) is 11.9 Å². The predicted octanol–water partition coefficient (Wildman–Crippen LogP) is 2.48. The molecule has 1 heterocycles. The molecule has 16 heavy (non-hydrogen) atoms. The summed E-state index contributed by atoms with van der Waals surface area (Å²) < 4.78 is 7.73. The average Bonchev–Trinajstić information content (AvgIpc) is 2.48. The molecular formula is C11H19N3OS. The van der Waals surface area contributed by atoms with E-state index in [2.05, 4.69) is 34.8 Å². The topological polar surface area (TPSA) is 54.9 Å². The minimum atomic E-state index is -0.237. The SMILES string of the molecule is CC(C)(C)CC(C)(C)NC(=O)c1cnsn1. The number of hydrogen-bond donors (Lipinski definition) is 1. The van der Waals surface area contributed by atoms with Gasteiger partial charge in [0.25, 0.3) is 5.91 Å². The van der Waals surface area contributed by atoms with E-state index in [1.54, 1.807) is 0 Å². The van der Waals surface area contributed by atoms with Gasteiger partial charge in [0.1, 0.15) is 0 Å². The molecule has 1 aromatic heterocycles. The Morgan fingerprint density at radius 1 is 1.38 bits per heavy atom. The van der Waals surface area contributed by atoms with Crippen LogP contribution < -0.4 is 5.32 Å². The number of carbonyl (C=O) groups is 1. The second-order valence-electron chi connectivity index (χ2n) is 5.87. The van der Waals surface area contributed by atoms with Crippen LogP contribution in [0.1, 0.15) is 51.5 Å². The van der Waals surface area contributed by atoms with Gasteiger partial charge < -0.3 is 5.32 Å². The molecule has 0 radical (unpaired) electrons. The van der Waals surface area contributed by atoms with Gasteiger partial charge in [0, 0.05) is 5.54 Å². The first kappa shape index (κ1) is 13.1. The lowest BCUT2D eigenvalue weighted by molar-refractivity contribution is 0.0887. The lowest BCUT2D eigenvalue weighted by Gasteiger charge is -2.33. The summed E-state index contributed by atoms with van der Waals surface area (Å²) in [7, 11) is 0. The van der Waals surface area contributed by atoms with Crippen molar-refractivity contribution in [3.8, 4) is 0 Å². The molecule has 0 saturated carbocycles. The number of nitrogens with one attached hydrogen (secondary N) is 1. The minimum absolute atomic E-state index is 0.150. The van der Waals surface area contributed by atoms with E-state index in [1.807, 2.05) is 13.8 Å². The van der Waals surface area contributed by atoms with Crippen molar-refractivity contribution < 1.29 is 4.79 Å². The van der Waals surface area contributed by atoms with Crippen LogP contribution in [0, 0.1) is 5.41 Å². The van der Waals surface area contributed by atoms with Crippen LogP contribution in [0.3, 0.4) is 0 Å². The van der Waals surface area contributed by atoms with Crippen LogP contribution in [0.5, 0.6) is 0 Å². The first-order valence-electron chi connectivity index (χ1n) is 5.30. The number of nitrogens with zero attached hydrogens (tertiary/aromatic N) is 2. The summed E-state index contributed by atoms with van der Waals surface area (Å²) in [5.74, 6) is -0.150. The highest BCUT2D eigenvalue weighted by Gasteiger charge is 2.27. The fourth-order valence-electron chi connectivity index (χ4n) is 2.01. The highest BCUT2D eigenvalue weighted by Crippen LogP contribution is 2.26. The van der Waals surface area contributed by atoms with Gasteiger partial charge in [0.2, 0.25) is 0 Å². The number of carbonyl (C=O) groups excluding carboxylic acids is 1. The third-order valence-electron chi connectivity index (χ3n) is 2.02. The van der Waals surface area contributed by atoms with E-state index in [-0.39, 0.29) is 16.9 Å². The number of rotatable bonds is 3. The maximum atomic E-state index is 11.8. The molecule has 0 aliphatic carbocycles. The number of aromatic nitrogens is 2. The highest BCUT2D eigenvalue weighted by molar-refractivity contribution is 6.99. The maximum Gasteiger partial charge on any atom is 0.273 e. The Morgan fingerprint density at radius 2 is 2.00 bits per heavy atom. The minimum Gasteiger partial charge on any atom is -0.346 e. The number of amides is 1. The monoisotopic (exact) mass is 241 g/mol. The molecule has 0 saturated heterocycles. The molecule has 0 bridgehead atoms. The Hall–Kier alpha value is -0.970. The van der Waals surface area contributed by atoms with Crippen LogP contribution in [0.2, 0.25) is 0 Å². The first-order valence-corrected chi connectivity index (χ1v) is 6.03. The molecule has 1 rings (SSSR count). The van der Waals surface area contributed by atoms with E-state index in [0.717, 1.165) is 18.1 Å². The summed E-state index contributed by atoms with van der Waals surface area (Å²) in [6.07, 6.45) is 2.40. The van der Waals surface area contributed by atoms with Crippen molar-refractivity contribution in [3.63, 3.8) is 0 Å². The Balaban J connectivity index is 2.63. The summed E-state index contributed by atoms with van der Waals surface area (Å²) in [4.78, 5) is 11.8. The molecule has 1 aromatic rings. The van der Waals surface area contributed by atoms with Crippen LogP contribution in [-0.4, -0.2) is 20.2 Å². The van der Waals surface area contributed by atoms with Gasteiger partial charge in [-0.3, -0.25) is 4.79 Å². The van der Waals surface area contributed by atoms with Crippen LogP contribution in [-0.2, 0) is 0 Å². The largest absolute Gasteiger partial charge is 0.346 e. The molecule has 0 aliphatic rings. The average molecular weight is 241 g/mol. The molecule has 0 aromatic carbocycles. The number of hydrogen-bond acceptors (Lipinski definition) is 4. The van der Waals surface area contributed by atoms with Crippen LogP contribution in [0.4, 0.5) is 0 Å². The van der Waals surface area contributed by atoms with Crippen LogP contribution in [0.15, 0.2) is 6.20 Å². The summed E-state index contributed by atoms with van der Waals surface area (Å²) in [6.45, 7) is 10.5. The van der Waals surface area contributed by atoms with Crippen molar-refractivity contribution in [1.82, 2.24) is 14.1 Å². The van der Waals surface area contributed by atoms with Crippen molar-refractivity contribution in [2.24, 2.45) is 5.41 Å². The smallest absolute Gasteiger partial charge is 0.273 e. The van der Waals surface area contributed by atoms with Crippen LogP contribution in [0.25, 0.3) is 0 Å². The standard InChI is InChI=1S/C11H19N3OS/c1-10(2,3)7-11(4,5)13-9(15)8-6-12-16-14-8/h6H,7H2,1-5H3,(H,13,15). The van der Waals surface area contributed by atoms with E-state index >= 15 is 0 Å². The Bertz CT molecular complexity index is 352. The van der Waals surface area contributed by atoms with E-state index in [9.17, 15) is 4.79 Å². The molecule has 5 heteroatoms. The summed E-state index contributed by atoms with van der Waals surface area (Å²) in [5, 5.41) is 2.98. The fourth-order valence-corrected chi connectivity index (χ4v) is 2.42. The van der Waals surface area contributed by atoms with Gasteiger partial charge in [-0.1, -0.05) is 20.8 Å². The Labute approximate surface area is 101 Å². The van der Waals surface area contributed by atoms with E-state index in [4.69, 9.17) is 0 Å². The summed E-state index contributed by atoms with van der Waals surface area (Å²) in [5.41, 5.74) is 0.336. The van der Waals surface area contributed by atoms with E-state index < -0.39 is 0 Å². The molecule has 4 nitrogen and oxygen atoms in total. The molecule has 1 amide bonds. The third kappa shape index (κ3) is 4.26. The van der Waals surface area contributed by atoms with Gasteiger partial charge in [-0.05, 0) is 25.7 Å². The quantitative estimate of drug-likeness (QED) is 0.884. The zero-order chi connectivity index (χ0) is 12.4. The van der Waals surface area contributed by atoms with Gasteiger partial charge in [-0.25, -0.2) is 0 Å². The lowest BCUT2D eigenvalue weighted by Crippen LogP contribution is -2.45. The Morgan fingerprint density at radius 3 is 2.44 bits per heavy atom. The molecule has 90 valence electrons. The van der Waals surface area contributed by atoms with Crippen molar-refractivity contribution in [2.75, 3.05) is 0 Å². The normalized spacial score (nSPS) is 12.6. The van der Waals surface area contributed by atoms with Gasteiger partial charge >= 0.3 is 0 Å². The predicted molar refractivity (Wildman–Crippen MR) is 65.5 cm³/mol. The lowest BCUT2D eigenvalue weighted by atomic mass is 9.82. The molecule has 0 fully saturated rings. The third-order valence-corrected chi connectivity index (χ3v) is 2.50.